The Labute approximate surface area is 141 Å². The summed E-state index contributed by atoms with van der Waals surface area (Å²) in [6.07, 6.45) is 1.47. The maximum Gasteiger partial charge on any atom is 0.253 e. The second kappa shape index (κ2) is 6.92. The van der Waals surface area contributed by atoms with Gasteiger partial charge in [0.1, 0.15) is 0 Å². The molecule has 0 aromatic heterocycles. The molecule has 1 aromatic carbocycles. The lowest BCUT2D eigenvalue weighted by molar-refractivity contribution is -0.134. The largest absolute Gasteiger partial charge is 0.349 e. The Kier molecular flexibility index (Phi) is 5.43. The average Bonchev–Trinajstić information content (AvgIpc) is 2.44. The predicted molar refractivity (Wildman–Crippen MR) is 89.2 cm³/mol. The van der Waals surface area contributed by atoms with Crippen LogP contribution in [0.15, 0.2) is 27.1 Å². The molecule has 2 rings (SSSR count). The lowest BCUT2D eigenvalue weighted by Gasteiger charge is -2.32. The van der Waals surface area contributed by atoms with Gasteiger partial charge in [0, 0.05) is 47.6 Å². The lowest BCUT2D eigenvalue weighted by atomic mass is 9.95. The highest BCUT2D eigenvalue weighted by atomic mass is 79.9. The van der Waals surface area contributed by atoms with E-state index < -0.39 is 0 Å². The number of hydrogen-bond acceptors (Lipinski definition) is 2. The first-order valence-electron chi connectivity index (χ1n) is 6.85. The van der Waals surface area contributed by atoms with Gasteiger partial charge in [-0.25, -0.2) is 0 Å². The van der Waals surface area contributed by atoms with Gasteiger partial charge in [0.25, 0.3) is 5.91 Å². The van der Waals surface area contributed by atoms with Crippen molar-refractivity contribution in [2.24, 2.45) is 5.92 Å². The summed E-state index contributed by atoms with van der Waals surface area (Å²) >= 11 is 6.80. The normalized spacial score (nSPS) is 15.9. The average molecular weight is 418 g/mol. The third-order valence-electron chi connectivity index (χ3n) is 3.68. The minimum atomic E-state index is 0.0211. The number of rotatable bonds is 2. The SMILES string of the molecule is CN(C)C(=O)C1CCN(C(=O)c2cc(Br)cc(Br)c2)CC1. The molecule has 1 saturated heterocycles. The van der Waals surface area contributed by atoms with E-state index in [1.165, 1.54) is 0 Å². The molecule has 0 atom stereocenters. The fourth-order valence-electron chi connectivity index (χ4n) is 2.55. The van der Waals surface area contributed by atoms with Crippen molar-refractivity contribution in [1.29, 1.82) is 0 Å². The molecule has 0 saturated carbocycles. The van der Waals surface area contributed by atoms with Crippen LogP contribution in [0.3, 0.4) is 0 Å². The first-order valence-corrected chi connectivity index (χ1v) is 8.43. The van der Waals surface area contributed by atoms with Gasteiger partial charge in [-0.2, -0.15) is 0 Å². The van der Waals surface area contributed by atoms with E-state index in [2.05, 4.69) is 31.9 Å². The molecule has 1 aromatic rings. The summed E-state index contributed by atoms with van der Waals surface area (Å²) in [6.45, 7) is 1.26. The summed E-state index contributed by atoms with van der Waals surface area (Å²) in [5, 5.41) is 0. The Morgan fingerprint density at radius 1 is 1.10 bits per heavy atom. The van der Waals surface area contributed by atoms with E-state index in [9.17, 15) is 9.59 Å². The van der Waals surface area contributed by atoms with Crippen LogP contribution in [-0.4, -0.2) is 48.8 Å². The number of likely N-dealkylation sites (tertiary alicyclic amines) is 1. The van der Waals surface area contributed by atoms with Crippen LogP contribution >= 0.6 is 31.9 Å². The molecule has 1 fully saturated rings. The Morgan fingerprint density at radius 3 is 2.10 bits per heavy atom. The van der Waals surface area contributed by atoms with Gasteiger partial charge in [0.05, 0.1) is 0 Å². The van der Waals surface area contributed by atoms with E-state index in [1.54, 1.807) is 19.0 Å². The van der Waals surface area contributed by atoms with Gasteiger partial charge in [0.2, 0.25) is 5.91 Å². The number of nitrogens with zero attached hydrogens (tertiary/aromatic N) is 2. The van der Waals surface area contributed by atoms with Crippen LogP contribution in [0.4, 0.5) is 0 Å². The number of carbonyl (C=O) groups is 2. The van der Waals surface area contributed by atoms with Crippen molar-refractivity contribution < 1.29 is 9.59 Å². The van der Waals surface area contributed by atoms with Crippen LogP contribution in [0.25, 0.3) is 0 Å². The van der Waals surface area contributed by atoms with Crippen LogP contribution < -0.4 is 0 Å². The number of benzene rings is 1. The molecule has 0 bridgehead atoms. The summed E-state index contributed by atoms with van der Waals surface area (Å²) in [7, 11) is 3.55. The number of amides is 2. The highest BCUT2D eigenvalue weighted by molar-refractivity contribution is 9.11. The second-order valence-electron chi connectivity index (χ2n) is 5.46. The molecule has 6 heteroatoms. The Bertz CT molecular complexity index is 532. The zero-order valence-electron chi connectivity index (χ0n) is 12.1. The second-order valence-corrected chi connectivity index (χ2v) is 7.29. The summed E-state index contributed by atoms with van der Waals surface area (Å²) in [4.78, 5) is 27.9. The number of halogens is 2. The van der Waals surface area contributed by atoms with Crippen LogP contribution in [0.1, 0.15) is 23.2 Å². The molecular formula is C15H18Br2N2O2. The standard InChI is InChI=1S/C15H18Br2N2O2/c1-18(2)14(20)10-3-5-19(6-4-10)15(21)11-7-12(16)9-13(17)8-11/h7-10H,3-6H2,1-2H3. The highest BCUT2D eigenvalue weighted by Gasteiger charge is 2.28. The quantitative estimate of drug-likeness (QED) is 0.741. The molecule has 1 aliphatic rings. The fraction of sp³-hybridized carbons (Fsp3) is 0.467. The van der Waals surface area contributed by atoms with Crippen molar-refractivity contribution in [1.82, 2.24) is 9.80 Å². The lowest BCUT2D eigenvalue weighted by Crippen LogP contribution is -2.42. The maximum atomic E-state index is 12.5. The van der Waals surface area contributed by atoms with E-state index in [0.29, 0.717) is 18.7 Å². The van der Waals surface area contributed by atoms with Crippen molar-refractivity contribution in [3.63, 3.8) is 0 Å². The molecule has 1 heterocycles. The van der Waals surface area contributed by atoms with Gasteiger partial charge < -0.3 is 9.80 Å². The number of piperidine rings is 1. The van der Waals surface area contributed by atoms with Crippen molar-refractivity contribution >= 4 is 43.7 Å². The van der Waals surface area contributed by atoms with E-state index in [4.69, 9.17) is 0 Å². The maximum absolute atomic E-state index is 12.5. The molecule has 114 valence electrons. The number of carbonyl (C=O) groups excluding carboxylic acids is 2. The van der Waals surface area contributed by atoms with Crippen LogP contribution in [0, 0.1) is 5.92 Å². The zero-order chi connectivity index (χ0) is 15.6. The summed E-state index contributed by atoms with van der Waals surface area (Å²) in [6, 6.07) is 5.55. The van der Waals surface area contributed by atoms with Gasteiger partial charge in [-0.05, 0) is 31.0 Å². The fourth-order valence-corrected chi connectivity index (χ4v) is 3.85. The summed E-state index contributed by atoms with van der Waals surface area (Å²) in [5.41, 5.74) is 0.661. The molecule has 0 unspecified atom stereocenters. The van der Waals surface area contributed by atoms with Crippen molar-refractivity contribution in [2.75, 3.05) is 27.2 Å². The van der Waals surface area contributed by atoms with Crippen LogP contribution in [0.2, 0.25) is 0 Å². The Balaban J connectivity index is 2.02. The topological polar surface area (TPSA) is 40.6 Å². The van der Waals surface area contributed by atoms with Gasteiger partial charge in [-0.15, -0.1) is 0 Å². The third kappa shape index (κ3) is 4.07. The van der Waals surface area contributed by atoms with Crippen molar-refractivity contribution in [3.05, 3.63) is 32.7 Å². The monoisotopic (exact) mass is 416 g/mol. The van der Waals surface area contributed by atoms with Crippen LogP contribution in [0.5, 0.6) is 0 Å². The minimum Gasteiger partial charge on any atom is -0.349 e. The molecule has 0 radical (unpaired) electrons. The van der Waals surface area contributed by atoms with Gasteiger partial charge >= 0.3 is 0 Å². The smallest absolute Gasteiger partial charge is 0.253 e. The van der Waals surface area contributed by atoms with E-state index in [1.807, 2.05) is 23.1 Å². The van der Waals surface area contributed by atoms with Gasteiger partial charge in [-0.3, -0.25) is 9.59 Å². The molecule has 1 aliphatic heterocycles. The summed E-state index contributed by atoms with van der Waals surface area (Å²) in [5.74, 6) is 0.221. The molecule has 0 aliphatic carbocycles. The summed E-state index contributed by atoms with van der Waals surface area (Å²) < 4.78 is 1.75. The Hall–Kier alpha value is -0.880. The van der Waals surface area contributed by atoms with Crippen molar-refractivity contribution in [3.8, 4) is 0 Å². The van der Waals surface area contributed by atoms with E-state index in [0.717, 1.165) is 21.8 Å². The number of hydrogen-bond donors (Lipinski definition) is 0. The zero-order valence-corrected chi connectivity index (χ0v) is 15.3. The molecular weight excluding hydrogens is 400 g/mol. The third-order valence-corrected chi connectivity index (χ3v) is 4.60. The molecule has 2 amide bonds. The first kappa shape index (κ1) is 16.5. The minimum absolute atomic E-state index is 0.0211. The molecule has 0 N–H and O–H groups in total. The van der Waals surface area contributed by atoms with E-state index >= 15 is 0 Å². The Morgan fingerprint density at radius 2 is 1.62 bits per heavy atom. The molecule has 21 heavy (non-hydrogen) atoms. The predicted octanol–water partition coefficient (Wildman–Crippen LogP) is 3.15. The van der Waals surface area contributed by atoms with E-state index in [-0.39, 0.29) is 17.7 Å². The molecule has 4 nitrogen and oxygen atoms in total. The highest BCUT2D eigenvalue weighted by Crippen LogP contribution is 2.24. The van der Waals surface area contributed by atoms with Gasteiger partial charge in [0.15, 0.2) is 0 Å². The van der Waals surface area contributed by atoms with Gasteiger partial charge in [-0.1, -0.05) is 31.9 Å². The van der Waals surface area contributed by atoms with Crippen molar-refractivity contribution in [2.45, 2.75) is 12.8 Å². The van der Waals surface area contributed by atoms with Crippen LogP contribution in [-0.2, 0) is 4.79 Å². The molecule has 0 spiro atoms. The first-order chi connectivity index (χ1) is 9.88.